The predicted molar refractivity (Wildman–Crippen MR) is 167 cm³/mol. The van der Waals surface area contributed by atoms with Gasteiger partial charge in [-0.2, -0.15) is 0 Å². The number of nitrogens with one attached hydrogen (secondary N) is 2. The maximum atomic E-state index is 4.46. The Hall–Kier alpha value is -3.95. The minimum atomic E-state index is 0.144. The highest BCUT2D eigenvalue weighted by Crippen LogP contribution is 2.47. The molecule has 1 atom stereocenters. The lowest BCUT2D eigenvalue weighted by Crippen LogP contribution is -2.17. The first-order chi connectivity index (χ1) is 18.4. The van der Waals surface area contributed by atoms with E-state index in [1.165, 1.54) is 38.3 Å². The van der Waals surface area contributed by atoms with Crippen molar-refractivity contribution in [2.24, 2.45) is 0 Å². The number of thioether (sulfide) groups is 1. The van der Waals surface area contributed by atoms with Crippen LogP contribution in [0.25, 0.3) is 4.91 Å². The van der Waals surface area contributed by atoms with Gasteiger partial charge in [-0.15, -0.1) is 6.58 Å². The fourth-order valence-electron chi connectivity index (χ4n) is 4.16. The van der Waals surface area contributed by atoms with Crippen molar-refractivity contribution >= 4 is 22.4 Å². The molecule has 0 aliphatic carbocycles. The molecule has 5 rings (SSSR count). The Kier molecular flexibility index (Phi) is 9.29. The smallest absolute Gasteiger partial charge is 0.103 e. The Labute approximate surface area is 232 Å². The van der Waals surface area contributed by atoms with Gasteiger partial charge in [-0.25, -0.2) is 0 Å². The molecular formula is C35H36N2S. The van der Waals surface area contributed by atoms with Crippen LogP contribution in [0.2, 0.25) is 0 Å². The third-order valence-corrected chi connectivity index (χ3v) is 7.30. The molecule has 0 spiro atoms. The first-order valence-electron chi connectivity index (χ1n) is 12.9. The van der Waals surface area contributed by atoms with E-state index in [1.807, 2.05) is 25.6 Å². The molecule has 4 aromatic rings. The first kappa shape index (κ1) is 27.1. The van der Waals surface area contributed by atoms with Crippen LogP contribution >= 0.6 is 11.8 Å². The number of allylic oxidation sites excluding steroid dienone is 1. The predicted octanol–water partition coefficient (Wildman–Crippen LogP) is 9.50. The zero-order valence-electron chi connectivity index (χ0n) is 22.5. The highest BCUT2D eigenvalue weighted by molar-refractivity contribution is 8.08. The summed E-state index contributed by atoms with van der Waals surface area (Å²) in [5, 5.41) is 7.51. The van der Waals surface area contributed by atoms with Gasteiger partial charge in [0.2, 0.25) is 0 Å². The average Bonchev–Trinajstić information content (AvgIpc) is 3.37. The molecule has 38 heavy (non-hydrogen) atoms. The molecule has 2 N–H and O–H groups in total. The van der Waals surface area contributed by atoms with E-state index in [0.29, 0.717) is 0 Å². The second kappa shape index (κ2) is 13.0. The quantitative estimate of drug-likeness (QED) is 0.239. The lowest BCUT2D eigenvalue weighted by atomic mass is 10.0. The molecule has 0 bridgehead atoms. The van der Waals surface area contributed by atoms with Crippen molar-refractivity contribution in [1.82, 2.24) is 5.32 Å². The van der Waals surface area contributed by atoms with Gasteiger partial charge in [0.05, 0.1) is 11.4 Å². The summed E-state index contributed by atoms with van der Waals surface area (Å²) in [6.07, 6.45) is 0.871. The lowest BCUT2D eigenvalue weighted by molar-refractivity contribution is 0.820. The largest absolute Gasteiger partial charge is 0.367 e. The van der Waals surface area contributed by atoms with Gasteiger partial charge < -0.3 is 10.6 Å². The zero-order valence-corrected chi connectivity index (χ0v) is 23.3. The van der Waals surface area contributed by atoms with E-state index in [-0.39, 0.29) is 5.37 Å². The molecule has 0 saturated heterocycles. The number of hydrogen-bond donors (Lipinski definition) is 2. The zero-order chi connectivity index (χ0) is 26.9. The minimum Gasteiger partial charge on any atom is -0.367 e. The Morgan fingerprint density at radius 3 is 2.03 bits per heavy atom. The van der Waals surface area contributed by atoms with Crippen molar-refractivity contribution in [3.63, 3.8) is 0 Å². The fourth-order valence-corrected chi connectivity index (χ4v) is 5.44. The van der Waals surface area contributed by atoms with Gasteiger partial charge in [0, 0.05) is 10.6 Å². The van der Waals surface area contributed by atoms with Gasteiger partial charge in [0.25, 0.3) is 0 Å². The van der Waals surface area contributed by atoms with Gasteiger partial charge in [-0.05, 0) is 55.5 Å². The number of para-hydroxylation sites is 1. The molecular weight excluding hydrogens is 480 g/mol. The van der Waals surface area contributed by atoms with Crippen LogP contribution in [0.1, 0.15) is 47.0 Å². The first-order valence-corrected chi connectivity index (χ1v) is 13.8. The molecule has 0 saturated carbocycles. The van der Waals surface area contributed by atoms with Crippen molar-refractivity contribution in [1.29, 1.82) is 0 Å². The number of hydrogen-bond acceptors (Lipinski definition) is 3. The molecule has 1 aliphatic heterocycles. The average molecular weight is 517 g/mol. The van der Waals surface area contributed by atoms with Crippen LogP contribution in [0.4, 0.5) is 5.69 Å². The second-order valence-electron chi connectivity index (χ2n) is 9.75. The monoisotopic (exact) mass is 516 g/mol. The number of anilines is 1. The number of aryl methyl sites for hydroxylation is 1. The fraction of sp³-hybridized carbons (Fsp3) is 0.143. The third-order valence-electron chi connectivity index (χ3n) is 6.00. The van der Waals surface area contributed by atoms with Crippen LogP contribution < -0.4 is 10.6 Å². The summed E-state index contributed by atoms with van der Waals surface area (Å²) in [5.74, 6) is 0. The summed E-state index contributed by atoms with van der Waals surface area (Å²) in [4.78, 5) is 1.21. The van der Waals surface area contributed by atoms with Crippen LogP contribution in [0, 0.1) is 6.92 Å². The van der Waals surface area contributed by atoms with Gasteiger partial charge in [-0.3, -0.25) is 0 Å². The normalized spacial score (nSPS) is 14.2. The summed E-state index contributed by atoms with van der Waals surface area (Å²) < 4.78 is 0. The Morgan fingerprint density at radius 2 is 1.37 bits per heavy atom. The molecule has 192 valence electrons. The van der Waals surface area contributed by atoms with E-state index in [9.17, 15) is 0 Å². The van der Waals surface area contributed by atoms with Crippen LogP contribution in [0.3, 0.4) is 0 Å². The highest BCUT2D eigenvalue weighted by Gasteiger charge is 2.28. The van der Waals surface area contributed by atoms with Crippen LogP contribution in [0.15, 0.2) is 139 Å². The third kappa shape index (κ3) is 7.30. The van der Waals surface area contributed by atoms with Crippen molar-refractivity contribution in [2.75, 3.05) is 5.32 Å². The summed E-state index contributed by atoms with van der Waals surface area (Å²) in [7, 11) is 0. The Balaban J connectivity index is 0.000000786. The molecule has 1 unspecified atom stereocenters. The van der Waals surface area contributed by atoms with Gasteiger partial charge in [0.15, 0.2) is 0 Å². The lowest BCUT2D eigenvalue weighted by Gasteiger charge is -2.18. The molecule has 1 heterocycles. The minimum absolute atomic E-state index is 0.144. The molecule has 0 aromatic heterocycles. The molecule has 1 aliphatic rings. The van der Waals surface area contributed by atoms with Gasteiger partial charge in [0.1, 0.15) is 5.37 Å². The number of rotatable bonds is 7. The summed E-state index contributed by atoms with van der Waals surface area (Å²) in [6.45, 7) is 14.1. The maximum absolute atomic E-state index is 4.46. The molecule has 4 aromatic carbocycles. The van der Waals surface area contributed by atoms with E-state index in [1.54, 1.807) is 0 Å². The van der Waals surface area contributed by atoms with Gasteiger partial charge in [-0.1, -0.05) is 133 Å². The Morgan fingerprint density at radius 1 is 0.789 bits per heavy atom. The van der Waals surface area contributed by atoms with E-state index in [4.69, 9.17) is 0 Å². The highest BCUT2D eigenvalue weighted by atomic mass is 32.2. The summed E-state index contributed by atoms with van der Waals surface area (Å²) >= 11 is 1.84. The van der Waals surface area contributed by atoms with E-state index >= 15 is 0 Å². The summed E-state index contributed by atoms with van der Waals surface area (Å²) in [5.41, 5.74) is 10.4. The second-order valence-corrected chi connectivity index (χ2v) is 10.9. The van der Waals surface area contributed by atoms with Crippen LogP contribution in [0.5, 0.6) is 0 Å². The number of benzene rings is 4. The van der Waals surface area contributed by atoms with E-state index in [2.05, 4.69) is 140 Å². The summed E-state index contributed by atoms with van der Waals surface area (Å²) in [6, 6.07) is 38.4. The van der Waals surface area contributed by atoms with Crippen LogP contribution in [-0.2, 0) is 6.42 Å². The molecule has 0 radical (unpaired) electrons. The maximum Gasteiger partial charge on any atom is 0.103 e. The van der Waals surface area contributed by atoms with Crippen molar-refractivity contribution in [3.05, 3.63) is 167 Å². The van der Waals surface area contributed by atoms with Crippen LogP contribution in [-0.4, -0.2) is 0 Å². The standard InChI is InChI=1S/C31H28N2S.C4H8/c1-22-17-19-25(20-18-22)30-29(33-31(34-30)26-13-7-4-8-14-26)23(2)32-28-16-10-9-15-27(28)21-24-11-5-3-6-12-24;1-4(2)3/h3-20,31-33H,2,21H2,1H3;1H2,2-3H3. The van der Waals surface area contributed by atoms with E-state index in [0.717, 1.165) is 23.5 Å². The van der Waals surface area contributed by atoms with Gasteiger partial charge >= 0.3 is 0 Å². The topological polar surface area (TPSA) is 24.1 Å². The van der Waals surface area contributed by atoms with Crippen molar-refractivity contribution in [2.45, 2.75) is 32.6 Å². The van der Waals surface area contributed by atoms with E-state index < -0.39 is 0 Å². The van der Waals surface area contributed by atoms with Crippen molar-refractivity contribution < 1.29 is 0 Å². The molecule has 2 nitrogen and oxygen atoms in total. The SMILES string of the molecule is C=C(C)C.C=C(Nc1ccccc1Cc1ccccc1)C1=C(c2ccc(C)cc2)SC(c2ccccc2)N1. The molecule has 0 amide bonds. The van der Waals surface area contributed by atoms with Crippen molar-refractivity contribution in [3.8, 4) is 0 Å². The molecule has 3 heteroatoms. The molecule has 0 fully saturated rings. The Bertz CT molecular complexity index is 1400.